The molecule has 3 nitrogen and oxygen atoms in total. The summed E-state index contributed by atoms with van der Waals surface area (Å²) in [6.07, 6.45) is 5.25. The van der Waals surface area contributed by atoms with Gasteiger partial charge in [-0.3, -0.25) is 10.1 Å². The van der Waals surface area contributed by atoms with Crippen LogP contribution in [0.1, 0.15) is 49.3 Å². The van der Waals surface area contributed by atoms with Crippen molar-refractivity contribution in [1.82, 2.24) is 10.2 Å². The van der Waals surface area contributed by atoms with E-state index in [4.69, 9.17) is 11.6 Å². The Morgan fingerprint density at radius 3 is 2.36 bits per heavy atom. The van der Waals surface area contributed by atoms with E-state index in [0.29, 0.717) is 13.1 Å². The van der Waals surface area contributed by atoms with E-state index in [1.807, 2.05) is 35.2 Å². The highest BCUT2D eigenvalue weighted by Crippen LogP contribution is 2.40. The lowest BCUT2D eigenvalue weighted by molar-refractivity contribution is -0.147. The minimum absolute atomic E-state index is 0.0400. The van der Waals surface area contributed by atoms with Crippen LogP contribution in [0.25, 0.3) is 0 Å². The molecule has 1 atom stereocenters. The van der Waals surface area contributed by atoms with Gasteiger partial charge in [-0.2, -0.15) is 0 Å². The van der Waals surface area contributed by atoms with E-state index in [1.165, 1.54) is 24.0 Å². The summed E-state index contributed by atoms with van der Waals surface area (Å²) in [6, 6.07) is 18.7. The molecule has 0 bridgehead atoms. The third kappa shape index (κ3) is 3.19. The maximum atomic E-state index is 12.2. The molecule has 0 spiro atoms. The van der Waals surface area contributed by atoms with Gasteiger partial charge in [-0.05, 0) is 36.1 Å². The van der Waals surface area contributed by atoms with Gasteiger partial charge in [-0.25, -0.2) is 0 Å². The van der Waals surface area contributed by atoms with Crippen LogP contribution in [-0.4, -0.2) is 17.5 Å². The zero-order valence-electron chi connectivity index (χ0n) is 14.2. The quantitative estimate of drug-likeness (QED) is 0.794. The number of nitrogens with one attached hydrogen (secondary N) is 1. The summed E-state index contributed by atoms with van der Waals surface area (Å²) >= 11 is 6.06. The molecule has 1 amide bonds. The van der Waals surface area contributed by atoms with Gasteiger partial charge in [-0.1, -0.05) is 66.9 Å². The Labute approximate surface area is 154 Å². The van der Waals surface area contributed by atoms with Crippen molar-refractivity contribution < 1.29 is 4.79 Å². The van der Waals surface area contributed by atoms with Crippen LogP contribution in [0, 0.1) is 0 Å². The van der Waals surface area contributed by atoms with Gasteiger partial charge in [0, 0.05) is 10.6 Å². The number of hydrogen-bond acceptors (Lipinski definition) is 2. The van der Waals surface area contributed by atoms with Gasteiger partial charge in [0.05, 0.1) is 19.1 Å². The second kappa shape index (κ2) is 6.81. The summed E-state index contributed by atoms with van der Waals surface area (Å²) in [5.74, 6) is 0.227. The second-order valence-corrected chi connectivity index (χ2v) is 7.56. The van der Waals surface area contributed by atoms with Gasteiger partial charge >= 0.3 is 0 Å². The smallest absolute Gasteiger partial charge is 0.226 e. The molecule has 1 heterocycles. The first-order chi connectivity index (χ1) is 12.2. The van der Waals surface area contributed by atoms with Crippen molar-refractivity contribution in [3.63, 3.8) is 0 Å². The highest BCUT2D eigenvalue weighted by Gasteiger charge is 2.40. The minimum Gasteiger partial charge on any atom is -0.322 e. The summed E-state index contributed by atoms with van der Waals surface area (Å²) in [7, 11) is 0. The number of β-lactam (4-membered cyclic amide) rings is 1. The summed E-state index contributed by atoms with van der Waals surface area (Å²) in [4.78, 5) is 14.1. The summed E-state index contributed by atoms with van der Waals surface area (Å²) in [5, 5.41) is 4.49. The highest BCUT2D eigenvalue weighted by atomic mass is 35.5. The fraction of sp³-hybridized carbons (Fsp3) is 0.381. The van der Waals surface area contributed by atoms with Gasteiger partial charge in [0.25, 0.3) is 0 Å². The monoisotopic (exact) mass is 354 g/mol. The van der Waals surface area contributed by atoms with Gasteiger partial charge in [-0.15, -0.1) is 0 Å². The van der Waals surface area contributed by atoms with E-state index in [9.17, 15) is 4.79 Å². The van der Waals surface area contributed by atoms with Crippen molar-refractivity contribution in [2.24, 2.45) is 0 Å². The Balaban J connectivity index is 1.50. The average molecular weight is 355 g/mol. The van der Waals surface area contributed by atoms with Crippen molar-refractivity contribution in [2.75, 3.05) is 6.67 Å². The lowest BCUT2D eigenvalue weighted by Crippen LogP contribution is -2.54. The molecule has 4 heteroatoms. The number of carbonyl (C=O) groups is 1. The number of carbonyl (C=O) groups excluding carboxylic acids is 1. The van der Waals surface area contributed by atoms with E-state index in [1.54, 1.807) is 0 Å². The van der Waals surface area contributed by atoms with Crippen LogP contribution in [0.2, 0.25) is 5.02 Å². The second-order valence-electron chi connectivity index (χ2n) is 7.13. The molecule has 0 aromatic heterocycles. The normalized spacial score (nSPS) is 22.0. The van der Waals surface area contributed by atoms with Gasteiger partial charge < -0.3 is 4.90 Å². The van der Waals surface area contributed by atoms with Crippen LogP contribution in [0.3, 0.4) is 0 Å². The lowest BCUT2D eigenvalue weighted by Gasteiger charge is -2.43. The van der Waals surface area contributed by atoms with Crippen LogP contribution in [0.5, 0.6) is 0 Å². The molecule has 2 aromatic carbocycles. The Bertz CT molecular complexity index is 738. The van der Waals surface area contributed by atoms with E-state index < -0.39 is 0 Å². The highest BCUT2D eigenvalue weighted by molar-refractivity contribution is 6.30. The fourth-order valence-corrected chi connectivity index (χ4v) is 4.30. The van der Waals surface area contributed by atoms with Gasteiger partial charge in [0.2, 0.25) is 5.91 Å². The molecule has 4 rings (SSSR count). The number of nitrogens with zero attached hydrogens (tertiary/aromatic N) is 1. The van der Waals surface area contributed by atoms with Crippen molar-refractivity contribution in [2.45, 2.75) is 43.7 Å². The molecule has 1 saturated carbocycles. The molecule has 1 aliphatic carbocycles. The molecular weight excluding hydrogens is 332 g/mol. The molecule has 130 valence electrons. The van der Waals surface area contributed by atoms with Gasteiger partial charge in [0.15, 0.2) is 0 Å². The first-order valence-corrected chi connectivity index (χ1v) is 9.41. The number of likely N-dealkylation sites (tertiary alicyclic amines) is 1. The zero-order valence-corrected chi connectivity index (χ0v) is 15.0. The third-order valence-electron chi connectivity index (χ3n) is 5.69. The topological polar surface area (TPSA) is 32.3 Å². The zero-order chi connectivity index (χ0) is 17.3. The van der Waals surface area contributed by atoms with Crippen LogP contribution >= 0.6 is 11.6 Å². The molecule has 1 unspecified atom stereocenters. The Morgan fingerprint density at radius 1 is 1.04 bits per heavy atom. The molecule has 1 N–H and O–H groups in total. The van der Waals surface area contributed by atoms with Crippen molar-refractivity contribution in [3.05, 3.63) is 70.7 Å². The summed E-state index contributed by atoms with van der Waals surface area (Å²) < 4.78 is 0. The van der Waals surface area contributed by atoms with Crippen LogP contribution in [-0.2, 0) is 10.3 Å². The van der Waals surface area contributed by atoms with Crippen LogP contribution < -0.4 is 5.32 Å². The average Bonchev–Trinajstić information content (AvgIpc) is 3.11. The molecular formula is C21H23ClN2O. The van der Waals surface area contributed by atoms with E-state index in [2.05, 4.69) is 29.6 Å². The molecule has 25 heavy (non-hydrogen) atoms. The molecule has 2 aromatic rings. The van der Waals surface area contributed by atoms with E-state index >= 15 is 0 Å². The Hall–Kier alpha value is -1.84. The van der Waals surface area contributed by atoms with Crippen LogP contribution in [0.4, 0.5) is 0 Å². The molecule has 0 radical (unpaired) electrons. The lowest BCUT2D eigenvalue weighted by atomic mass is 9.88. The minimum atomic E-state index is -0.0400. The number of halogens is 1. The number of rotatable bonds is 5. The fourth-order valence-electron chi connectivity index (χ4n) is 4.18. The largest absolute Gasteiger partial charge is 0.322 e. The van der Waals surface area contributed by atoms with E-state index in [0.717, 1.165) is 17.9 Å². The Morgan fingerprint density at radius 2 is 1.72 bits per heavy atom. The Kier molecular flexibility index (Phi) is 4.53. The molecule has 2 aliphatic rings. The SMILES string of the molecule is O=C1CC(c2ccccc2)N1CNC1(c2ccc(Cl)cc2)CCCC1. The maximum absolute atomic E-state index is 12.2. The maximum Gasteiger partial charge on any atom is 0.226 e. The molecule has 2 fully saturated rings. The summed E-state index contributed by atoms with van der Waals surface area (Å²) in [6.45, 7) is 0.598. The predicted molar refractivity (Wildman–Crippen MR) is 100 cm³/mol. The first kappa shape index (κ1) is 16.6. The van der Waals surface area contributed by atoms with Crippen molar-refractivity contribution in [3.8, 4) is 0 Å². The number of hydrogen-bond donors (Lipinski definition) is 1. The number of benzene rings is 2. The first-order valence-electron chi connectivity index (χ1n) is 9.03. The number of amides is 1. The standard InChI is InChI=1S/C21H23ClN2O/c22-18-10-8-17(9-11-18)21(12-4-5-13-21)23-15-24-19(14-20(24)25)16-6-2-1-3-7-16/h1-3,6-11,19,23H,4-5,12-15H2. The molecule has 1 saturated heterocycles. The van der Waals surface area contributed by atoms with Crippen molar-refractivity contribution in [1.29, 1.82) is 0 Å². The third-order valence-corrected chi connectivity index (χ3v) is 5.94. The predicted octanol–water partition coefficient (Wildman–Crippen LogP) is 4.63. The van der Waals surface area contributed by atoms with Crippen molar-refractivity contribution >= 4 is 17.5 Å². The van der Waals surface area contributed by atoms with Gasteiger partial charge in [0.1, 0.15) is 0 Å². The van der Waals surface area contributed by atoms with Crippen LogP contribution in [0.15, 0.2) is 54.6 Å². The summed E-state index contributed by atoms with van der Waals surface area (Å²) in [5.41, 5.74) is 2.45. The van der Waals surface area contributed by atoms with E-state index in [-0.39, 0.29) is 17.5 Å². The molecule has 1 aliphatic heterocycles.